The highest BCUT2D eigenvalue weighted by Crippen LogP contribution is 2.33. The molecule has 2 N–H and O–H groups in total. The normalized spacial score (nSPS) is 24.7. The van der Waals surface area contributed by atoms with Crippen LogP contribution in [-0.4, -0.2) is 89.9 Å². The van der Waals surface area contributed by atoms with Crippen molar-refractivity contribution in [2.75, 3.05) is 52.4 Å². The van der Waals surface area contributed by atoms with Crippen LogP contribution in [0.2, 0.25) is 0 Å². The highest BCUT2D eigenvalue weighted by molar-refractivity contribution is 5.98. The Balaban J connectivity index is 1.27. The van der Waals surface area contributed by atoms with Crippen LogP contribution in [0.1, 0.15) is 61.4 Å². The number of H-pyrrole nitrogens is 1. The Morgan fingerprint density at radius 3 is 2.56 bits per heavy atom. The van der Waals surface area contributed by atoms with Crippen LogP contribution in [0.15, 0.2) is 24.4 Å². The molecule has 7 heteroatoms. The minimum absolute atomic E-state index is 0.122. The molecule has 0 spiro atoms. The lowest BCUT2D eigenvalue weighted by atomic mass is 9.88. The van der Waals surface area contributed by atoms with Crippen LogP contribution in [0.25, 0.3) is 10.9 Å². The molecule has 2 amide bonds. The number of carbonyl (C=O) groups excluding carboxylic acids is 2. The van der Waals surface area contributed by atoms with Crippen molar-refractivity contribution >= 4 is 22.7 Å². The number of amides is 2. The summed E-state index contributed by atoms with van der Waals surface area (Å²) in [7, 11) is 0. The first-order valence-corrected chi connectivity index (χ1v) is 13.1. The standard InChI is InChI=1S/C27H39N5O2/c1-19(2)30-11-13-31(14-12-30)26(33)20-7-8-23-24(17-29-25(23)15-20)22-6-4-10-32(18-22)27(34)21-5-3-9-28-16-21/h7-8,15,17,19,21-22,28-29H,3-6,9-14,16,18H2,1-2H3. The number of aromatic amines is 1. The predicted molar refractivity (Wildman–Crippen MR) is 135 cm³/mol. The average molecular weight is 466 g/mol. The number of piperazine rings is 1. The van der Waals surface area contributed by atoms with Gasteiger partial charge in [-0.2, -0.15) is 0 Å². The molecular weight excluding hydrogens is 426 g/mol. The molecule has 3 aliphatic rings. The van der Waals surface area contributed by atoms with E-state index in [-0.39, 0.29) is 11.8 Å². The van der Waals surface area contributed by atoms with Gasteiger partial charge in [-0.1, -0.05) is 6.07 Å². The van der Waals surface area contributed by atoms with E-state index >= 15 is 0 Å². The van der Waals surface area contributed by atoms with Crippen LogP contribution in [0, 0.1) is 5.92 Å². The van der Waals surface area contributed by atoms with Crippen LogP contribution in [0.3, 0.4) is 0 Å². The fourth-order valence-electron chi connectivity index (χ4n) is 6.00. The zero-order chi connectivity index (χ0) is 23.7. The van der Waals surface area contributed by atoms with E-state index < -0.39 is 0 Å². The minimum atomic E-state index is 0.122. The molecule has 7 nitrogen and oxygen atoms in total. The molecular formula is C27H39N5O2. The van der Waals surface area contributed by atoms with Crippen LogP contribution in [-0.2, 0) is 4.79 Å². The Bertz CT molecular complexity index is 1020. The molecule has 5 rings (SSSR count). The highest BCUT2D eigenvalue weighted by Gasteiger charge is 2.31. The Morgan fingerprint density at radius 2 is 1.82 bits per heavy atom. The summed E-state index contributed by atoms with van der Waals surface area (Å²) < 4.78 is 0. The number of hydrogen-bond acceptors (Lipinski definition) is 4. The van der Waals surface area contributed by atoms with E-state index in [4.69, 9.17) is 0 Å². The summed E-state index contributed by atoms with van der Waals surface area (Å²) in [6.07, 6.45) is 6.33. The van der Waals surface area contributed by atoms with Crippen molar-refractivity contribution in [3.8, 4) is 0 Å². The largest absolute Gasteiger partial charge is 0.361 e. The maximum absolute atomic E-state index is 13.1. The summed E-state index contributed by atoms with van der Waals surface area (Å²) >= 11 is 0. The molecule has 0 aliphatic carbocycles. The Kier molecular flexibility index (Phi) is 6.93. The van der Waals surface area contributed by atoms with Crippen molar-refractivity contribution in [1.82, 2.24) is 25.0 Å². The van der Waals surface area contributed by atoms with Crippen molar-refractivity contribution in [3.63, 3.8) is 0 Å². The maximum Gasteiger partial charge on any atom is 0.254 e. The summed E-state index contributed by atoms with van der Waals surface area (Å²) in [5, 5.41) is 4.56. The van der Waals surface area contributed by atoms with Crippen molar-refractivity contribution in [2.24, 2.45) is 5.92 Å². The van der Waals surface area contributed by atoms with E-state index in [9.17, 15) is 9.59 Å². The third kappa shape index (κ3) is 4.73. The first-order valence-electron chi connectivity index (χ1n) is 13.1. The van der Waals surface area contributed by atoms with Crippen LogP contribution in [0.4, 0.5) is 0 Å². The lowest BCUT2D eigenvalue weighted by Crippen LogP contribution is -2.50. The zero-order valence-electron chi connectivity index (χ0n) is 20.7. The molecule has 2 atom stereocenters. The quantitative estimate of drug-likeness (QED) is 0.728. The average Bonchev–Trinajstić information content (AvgIpc) is 3.32. The van der Waals surface area contributed by atoms with Gasteiger partial charge in [0.15, 0.2) is 0 Å². The van der Waals surface area contributed by atoms with Gasteiger partial charge in [-0.3, -0.25) is 14.5 Å². The van der Waals surface area contributed by atoms with E-state index in [2.05, 4.69) is 46.2 Å². The number of carbonyl (C=O) groups is 2. The summed E-state index contributed by atoms with van der Waals surface area (Å²) in [6.45, 7) is 11.4. The van der Waals surface area contributed by atoms with Gasteiger partial charge < -0.3 is 20.1 Å². The van der Waals surface area contributed by atoms with Gasteiger partial charge in [0.2, 0.25) is 5.91 Å². The highest BCUT2D eigenvalue weighted by atomic mass is 16.2. The lowest BCUT2D eigenvalue weighted by Gasteiger charge is -2.37. The minimum Gasteiger partial charge on any atom is -0.361 e. The van der Waals surface area contributed by atoms with E-state index in [0.29, 0.717) is 17.9 Å². The van der Waals surface area contributed by atoms with Gasteiger partial charge in [-0.15, -0.1) is 0 Å². The number of rotatable bonds is 4. The molecule has 2 unspecified atom stereocenters. The van der Waals surface area contributed by atoms with Gasteiger partial charge in [0.05, 0.1) is 5.92 Å². The molecule has 184 valence electrons. The van der Waals surface area contributed by atoms with Crippen molar-refractivity contribution in [2.45, 2.75) is 51.5 Å². The molecule has 34 heavy (non-hydrogen) atoms. The van der Waals surface area contributed by atoms with Crippen LogP contribution >= 0.6 is 0 Å². The van der Waals surface area contributed by atoms with Gasteiger partial charge in [0, 0.05) is 80.4 Å². The van der Waals surface area contributed by atoms with E-state index in [1.54, 1.807) is 0 Å². The topological polar surface area (TPSA) is 71.7 Å². The van der Waals surface area contributed by atoms with E-state index in [1.807, 2.05) is 17.0 Å². The molecule has 2 aromatic rings. The van der Waals surface area contributed by atoms with Gasteiger partial charge in [-0.25, -0.2) is 0 Å². The fraction of sp³-hybridized carbons (Fsp3) is 0.630. The van der Waals surface area contributed by atoms with Gasteiger partial charge in [0.1, 0.15) is 0 Å². The smallest absolute Gasteiger partial charge is 0.254 e. The number of piperidine rings is 2. The molecule has 3 saturated heterocycles. The molecule has 0 radical (unpaired) electrons. The van der Waals surface area contributed by atoms with Gasteiger partial charge in [0.25, 0.3) is 5.91 Å². The lowest BCUT2D eigenvalue weighted by molar-refractivity contribution is -0.137. The second kappa shape index (κ2) is 10.1. The second-order valence-electron chi connectivity index (χ2n) is 10.6. The van der Waals surface area contributed by atoms with E-state index in [0.717, 1.165) is 89.1 Å². The number of fused-ring (bicyclic) bond motifs is 1. The Labute approximate surface area is 202 Å². The number of hydrogen-bond donors (Lipinski definition) is 2. The molecule has 1 aromatic heterocycles. The summed E-state index contributed by atoms with van der Waals surface area (Å²) in [4.78, 5) is 36.2. The first kappa shape index (κ1) is 23.4. The number of nitrogens with one attached hydrogen (secondary N) is 2. The third-order valence-electron chi connectivity index (χ3n) is 8.11. The molecule has 0 saturated carbocycles. The number of likely N-dealkylation sites (tertiary alicyclic amines) is 1. The van der Waals surface area contributed by atoms with E-state index in [1.165, 1.54) is 10.9 Å². The SMILES string of the molecule is CC(C)N1CCN(C(=O)c2ccc3c(C4CCCN(C(=O)C5CCCNC5)C4)c[nH]c3c2)CC1. The Hall–Kier alpha value is -2.38. The monoisotopic (exact) mass is 465 g/mol. The fourth-order valence-corrected chi connectivity index (χ4v) is 6.00. The van der Waals surface area contributed by atoms with Crippen LogP contribution in [0.5, 0.6) is 0 Å². The Morgan fingerprint density at radius 1 is 1.00 bits per heavy atom. The third-order valence-corrected chi connectivity index (χ3v) is 8.11. The summed E-state index contributed by atoms with van der Waals surface area (Å²) in [5.41, 5.74) is 3.05. The summed E-state index contributed by atoms with van der Waals surface area (Å²) in [5.74, 6) is 0.916. The molecule has 1 aromatic carbocycles. The van der Waals surface area contributed by atoms with Crippen molar-refractivity contribution < 1.29 is 9.59 Å². The number of nitrogens with zero attached hydrogens (tertiary/aromatic N) is 3. The zero-order valence-corrected chi connectivity index (χ0v) is 20.7. The first-order chi connectivity index (χ1) is 16.5. The van der Waals surface area contributed by atoms with Crippen molar-refractivity contribution in [1.29, 1.82) is 0 Å². The number of benzene rings is 1. The second-order valence-corrected chi connectivity index (χ2v) is 10.6. The van der Waals surface area contributed by atoms with Gasteiger partial charge in [-0.05, 0) is 63.8 Å². The molecule has 3 fully saturated rings. The molecule has 3 aliphatic heterocycles. The van der Waals surface area contributed by atoms with Crippen molar-refractivity contribution in [3.05, 3.63) is 35.5 Å². The summed E-state index contributed by atoms with van der Waals surface area (Å²) in [6, 6.07) is 6.62. The van der Waals surface area contributed by atoms with Crippen LogP contribution < -0.4 is 5.32 Å². The molecule has 0 bridgehead atoms. The predicted octanol–water partition coefficient (Wildman–Crippen LogP) is 3.04. The number of aromatic nitrogens is 1. The van der Waals surface area contributed by atoms with Gasteiger partial charge >= 0.3 is 0 Å². The maximum atomic E-state index is 13.1. The molecule has 4 heterocycles.